The second kappa shape index (κ2) is 9.56. The summed E-state index contributed by atoms with van der Waals surface area (Å²) in [6, 6.07) is 17.7. The number of esters is 1. The van der Waals surface area contributed by atoms with E-state index in [0.717, 1.165) is 10.9 Å². The van der Waals surface area contributed by atoms with Gasteiger partial charge in [-0.3, -0.25) is 4.79 Å². The van der Waals surface area contributed by atoms with Crippen molar-refractivity contribution < 1.29 is 24.5 Å². The zero-order chi connectivity index (χ0) is 29.1. The molecule has 4 aromatic rings. The summed E-state index contributed by atoms with van der Waals surface area (Å²) in [6.07, 6.45) is -1.01. The molecule has 0 radical (unpaired) electrons. The highest BCUT2D eigenvalue weighted by Gasteiger charge is 2.41. The third-order valence-electron chi connectivity index (χ3n) is 7.66. The van der Waals surface area contributed by atoms with Crippen molar-refractivity contribution in [2.24, 2.45) is 0 Å². The van der Waals surface area contributed by atoms with Crippen LogP contribution in [0.5, 0.6) is 11.5 Å². The molecule has 0 spiro atoms. The number of aromatic nitrogens is 1. The van der Waals surface area contributed by atoms with Crippen LogP contribution in [0.1, 0.15) is 102 Å². The maximum absolute atomic E-state index is 13.5. The van der Waals surface area contributed by atoms with Crippen LogP contribution in [0.2, 0.25) is 0 Å². The number of ether oxygens (including phenoxy) is 1. The Kier molecular flexibility index (Phi) is 6.58. The average Bonchev–Trinajstić information content (AvgIpc) is 3.13. The van der Waals surface area contributed by atoms with E-state index in [1.165, 1.54) is 0 Å². The van der Waals surface area contributed by atoms with Crippen molar-refractivity contribution >= 4 is 22.7 Å². The van der Waals surface area contributed by atoms with Gasteiger partial charge in [0, 0.05) is 22.1 Å². The van der Waals surface area contributed by atoms with Crippen LogP contribution in [-0.2, 0) is 10.8 Å². The van der Waals surface area contributed by atoms with Gasteiger partial charge in [0.25, 0.3) is 0 Å². The summed E-state index contributed by atoms with van der Waals surface area (Å²) < 4.78 is 5.91. The molecule has 5 rings (SSSR count). The van der Waals surface area contributed by atoms with Gasteiger partial charge in [0.2, 0.25) is 0 Å². The number of rotatable bonds is 3. The van der Waals surface area contributed by atoms with E-state index in [-0.39, 0.29) is 17.3 Å². The minimum Gasteiger partial charge on any atom is -0.507 e. The van der Waals surface area contributed by atoms with Gasteiger partial charge in [-0.15, -0.1) is 0 Å². The van der Waals surface area contributed by atoms with E-state index in [1.807, 2.05) is 72.7 Å². The summed E-state index contributed by atoms with van der Waals surface area (Å²) in [5, 5.41) is 22.8. The predicted octanol–water partition coefficient (Wildman–Crippen LogP) is 7.08. The summed E-state index contributed by atoms with van der Waals surface area (Å²) in [5.41, 5.74) is 3.65. The number of phenolic OH excluding ortho intramolecular Hbond substituents is 1. The maximum atomic E-state index is 13.5. The zero-order valence-electron chi connectivity index (χ0n) is 24.0. The van der Waals surface area contributed by atoms with Gasteiger partial charge in [0.1, 0.15) is 11.3 Å². The van der Waals surface area contributed by atoms with E-state index in [9.17, 15) is 19.8 Å². The van der Waals surface area contributed by atoms with E-state index in [1.54, 1.807) is 36.4 Å². The third-order valence-corrected chi connectivity index (χ3v) is 7.66. The standard InChI is InChI=1S/C34H35NO5/c1-18-10-8-12-21-26(18)31(38)27(29(21)36)24-15-14-19-11-9-13-25(28(19)35-24)40-32(39)20-16-22(33(2,3)4)30(37)23(17-20)34(5,6)7/h8-17,27,29,36-37H,1-7H3. The van der Waals surface area contributed by atoms with Crippen LogP contribution in [0.25, 0.3) is 10.9 Å². The fourth-order valence-corrected chi connectivity index (χ4v) is 5.49. The molecule has 3 aromatic carbocycles. The van der Waals surface area contributed by atoms with Gasteiger partial charge in [-0.1, -0.05) is 77.9 Å². The van der Waals surface area contributed by atoms with Crippen molar-refractivity contribution in [3.63, 3.8) is 0 Å². The number of benzene rings is 3. The number of pyridine rings is 1. The number of hydrogen-bond acceptors (Lipinski definition) is 6. The van der Waals surface area contributed by atoms with Gasteiger partial charge in [-0.2, -0.15) is 0 Å². The Labute approximate surface area is 234 Å². The summed E-state index contributed by atoms with van der Waals surface area (Å²) in [5.74, 6) is -1.15. The number of aliphatic hydroxyl groups is 1. The Morgan fingerprint density at radius 3 is 2.12 bits per heavy atom. The second-order valence-electron chi connectivity index (χ2n) is 12.7. The average molecular weight is 538 g/mol. The Hall–Kier alpha value is -4.03. The molecule has 1 aliphatic rings. The van der Waals surface area contributed by atoms with E-state index in [0.29, 0.717) is 39.0 Å². The molecule has 206 valence electrons. The van der Waals surface area contributed by atoms with E-state index in [2.05, 4.69) is 0 Å². The van der Waals surface area contributed by atoms with Gasteiger partial charge < -0.3 is 14.9 Å². The van der Waals surface area contributed by atoms with Crippen LogP contribution < -0.4 is 4.74 Å². The Morgan fingerprint density at radius 2 is 1.52 bits per heavy atom. The topological polar surface area (TPSA) is 96.7 Å². The van der Waals surface area contributed by atoms with Crippen molar-refractivity contribution in [2.75, 3.05) is 0 Å². The zero-order valence-corrected chi connectivity index (χ0v) is 24.0. The summed E-state index contributed by atoms with van der Waals surface area (Å²) >= 11 is 0. The number of phenols is 1. The molecule has 6 heteroatoms. The largest absolute Gasteiger partial charge is 0.507 e. The first-order chi connectivity index (χ1) is 18.7. The molecule has 0 saturated heterocycles. The number of carbonyl (C=O) groups is 2. The molecule has 0 aliphatic heterocycles. The molecule has 2 unspecified atom stereocenters. The molecule has 2 atom stereocenters. The number of nitrogens with zero attached hydrogens (tertiary/aromatic N) is 1. The first kappa shape index (κ1) is 27.5. The molecule has 2 N–H and O–H groups in total. The summed E-state index contributed by atoms with van der Waals surface area (Å²) in [4.78, 5) is 31.6. The molecule has 0 saturated carbocycles. The normalized spacial score (nSPS) is 17.2. The molecule has 1 aromatic heterocycles. The van der Waals surface area contributed by atoms with E-state index in [4.69, 9.17) is 9.72 Å². The van der Waals surface area contributed by atoms with Crippen molar-refractivity contribution in [3.8, 4) is 11.5 Å². The number of fused-ring (bicyclic) bond motifs is 2. The first-order valence-corrected chi connectivity index (χ1v) is 13.5. The Morgan fingerprint density at radius 1 is 0.900 bits per heavy atom. The van der Waals surface area contributed by atoms with Crippen LogP contribution in [0.3, 0.4) is 0 Å². The smallest absolute Gasteiger partial charge is 0.343 e. The monoisotopic (exact) mass is 537 g/mol. The van der Waals surface area contributed by atoms with Gasteiger partial charge in [0.15, 0.2) is 11.5 Å². The lowest BCUT2D eigenvalue weighted by molar-refractivity contribution is 0.0735. The Bertz CT molecular complexity index is 1640. The highest BCUT2D eigenvalue weighted by molar-refractivity contribution is 6.07. The number of para-hydroxylation sites is 1. The fourth-order valence-electron chi connectivity index (χ4n) is 5.49. The minimum atomic E-state index is -1.01. The summed E-state index contributed by atoms with van der Waals surface area (Å²) in [6.45, 7) is 13.8. The number of ketones is 1. The van der Waals surface area contributed by atoms with Gasteiger partial charge in [-0.05, 0) is 53.1 Å². The van der Waals surface area contributed by atoms with Crippen molar-refractivity contribution in [2.45, 2.75) is 71.3 Å². The number of Topliss-reactive ketones (excluding diaryl/α,β-unsaturated/α-hetero) is 1. The number of carbonyl (C=O) groups excluding carboxylic acids is 2. The third kappa shape index (κ3) is 4.66. The molecular formula is C34H35NO5. The number of aliphatic hydroxyl groups excluding tert-OH is 1. The molecular weight excluding hydrogens is 502 g/mol. The molecule has 1 aliphatic carbocycles. The lowest BCUT2D eigenvalue weighted by atomic mass is 9.78. The fraction of sp³-hybridized carbons (Fsp3) is 0.324. The first-order valence-electron chi connectivity index (χ1n) is 13.5. The SMILES string of the molecule is Cc1cccc2c1C(=O)C(c1ccc3cccc(OC(=O)c4cc(C(C)(C)C)c(O)c(C(C)(C)C)c4)c3n1)C2O. The lowest BCUT2D eigenvalue weighted by Gasteiger charge is -2.28. The second-order valence-corrected chi connectivity index (χ2v) is 12.7. The molecule has 0 fully saturated rings. The molecule has 40 heavy (non-hydrogen) atoms. The summed E-state index contributed by atoms with van der Waals surface area (Å²) in [7, 11) is 0. The molecule has 0 amide bonds. The molecule has 0 bridgehead atoms. The van der Waals surface area contributed by atoms with Crippen molar-refractivity contribution in [3.05, 3.63) is 99.7 Å². The van der Waals surface area contributed by atoms with E-state index >= 15 is 0 Å². The number of aromatic hydroxyl groups is 1. The van der Waals surface area contributed by atoms with Gasteiger partial charge >= 0.3 is 5.97 Å². The minimum absolute atomic E-state index is 0.171. The quantitative estimate of drug-likeness (QED) is 0.214. The van der Waals surface area contributed by atoms with Crippen LogP contribution >= 0.6 is 0 Å². The van der Waals surface area contributed by atoms with Crippen molar-refractivity contribution in [1.82, 2.24) is 4.98 Å². The van der Waals surface area contributed by atoms with E-state index < -0.39 is 28.8 Å². The molecule has 1 heterocycles. The number of hydrogen-bond donors (Lipinski definition) is 2. The lowest BCUT2D eigenvalue weighted by Crippen LogP contribution is -2.20. The van der Waals surface area contributed by atoms with Gasteiger partial charge in [-0.25, -0.2) is 9.78 Å². The number of aryl methyl sites for hydroxylation is 1. The maximum Gasteiger partial charge on any atom is 0.343 e. The van der Waals surface area contributed by atoms with Crippen LogP contribution in [0, 0.1) is 6.92 Å². The van der Waals surface area contributed by atoms with Crippen LogP contribution in [0.4, 0.5) is 0 Å². The van der Waals surface area contributed by atoms with Crippen LogP contribution in [0.15, 0.2) is 60.7 Å². The highest BCUT2D eigenvalue weighted by atomic mass is 16.5. The van der Waals surface area contributed by atoms with Crippen LogP contribution in [-0.4, -0.2) is 26.9 Å². The van der Waals surface area contributed by atoms with Gasteiger partial charge in [0.05, 0.1) is 23.3 Å². The molecule has 6 nitrogen and oxygen atoms in total. The predicted molar refractivity (Wildman–Crippen MR) is 155 cm³/mol. The Balaban J connectivity index is 1.55. The highest BCUT2D eigenvalue weighted by Crippen LogP contribution is 2.44. The van der Waals surface area contributed by atoms with Crippen molar-refractivity contribution in [1.29, 1.82) is 0 Å².